The third-order valence-corrected chi connectivity index (χ3v) is 6.33. The number of hydrogen-bond donors (Lipinski definition) is 2. The molecule has 3 N–H and O–H groups in total. The number of carbonyl (C=O) groups excluding carboxylic acids is 2. The summed E-state index contributed by atoms with van der Waals surface area (Å²) in [4.78, 5) is 24.3. The fraction of sp³-hybridized carbons (Fsp3) is 0.222. The number of rotatable bonds is 9. The third-order valence-electron chi connectivity index (χ3n) is 3.54. The molecule has 27 heavy (non-hydrogen) atoms. The van der Waals surface area contributed by atoms with Crippen molar-refractivity contribution in [2.45, 2.75) is 9.79 Å². The molecule has 2 aromatic carbocycles. The van der Waals surface area contributed by atoms with Crippen LogP contribution >= 0.6 is 11.8 Å². The van der Waals surface area contributed by atoms with Crippen LogP contribution in [0.2, 0.25) is 0 Å². The van der Waals surface area contributed by atoms with Gasteiger partial charge in [-0.3, -0.25) is 9.59 Å². The van der Waals surface area contributed by atoms with Crippen molar-refractivity contribution in [2.24, 2.45) is 5.73 Å². The number of anilines is 1. The highest BCUT2D eigenvalue weighted by molar-refractivity contribution is 8.00. The smallest absolute Gasteiger partial charge is 0.255 e. The number of primary amides is 1. The van der Waals surface area contributed by atoms with Gasteiger partial charge in [-0.25, -0.2) is 8.42 Å². The van der Waals surface area contributed by atoms with Crippen molar-refractivity contribution in [1.29, 1.82) is 0 Å². The summed E-state index contributed by atoms with van der Waals surface area (Å²) in [6.07, 6.45) is 0. The van der Waals surface area contributed by atoms with E-state index in [0.717, 1.165) is 0 Å². The lowest BCUT2D eigenvalue weighted by Crippen LogP contribution is -2.15. The number of sulfone groups is 1. The number of methoxy groups -OCH3 is 1. The van der Waals surface area contributed by atoms with Crippen LogP contribution in [0.3, 0.4) is 0 Å². The first kappa shape index (κ1) is 20.9. The largest absolute Gasteiger partial charge is 0.384 e. The van der Waals surface area contributed by atoms with E-state index >= 15 is 0 Å². The summed E-state index contributed by atoms with van der Waals surface area (Å²) in [7, 11) is -2.02. The number of nitrogens with two attached hydrogens (primary N) is 1. The fourth-order valence-electron chi connectivity index (χ4n) is 2.16. The summed E-state index contributed by atoms with van der Waals surface area (Å²) < 4.78 is 29.0. The maximum absolute atomic E-state index is 12.5. The van der Waals surface area contributed by atoms with Gasteiger partial charge in [-0.2, -0.15) is 0 Å². The molecule has 0 saturated carbocycles. The fourth-order valence-corrected chi connectivity index (χ4v) is 4.08. The predicted octanol–water partition coefficient (Wildman–Crippen LogP) is 1.94. The van der Waals surface area contributed by atoms with Crippen LogP contribution in [0, 0.1) is 0 Å². The first-order valence-corrected chi connectivity index (χ1v) is 10.6. The van der Waals surface area contributed by atoms with Crippen molar-refractivity contribution < 1.29 is 22.7 Å². The van der Waals surface area contributed by atoms with E-state index in [4.69, 9.17) is 10.5 Å². The first-order valence-electron chi connectivity index (χ1n) is 7.97. The summed E-state index contributed by atoms with van der Waals surface area (Å²) >= 11 is 1.23. The SMILES string of the molecule is COCCS(=O)(=O)c1ccc(C(=O)Nc2ccccc2SCC(N)=O)cc1. The van der Waals surface area contributed by atoms with Gasteiger partial charge in [-0.1, -0.05) is 12.1 Å². The van der Waals surface area contributed by atoms with Crippen LogP contribution in [-0.2, 0) is 19.4 Å². The molecule has 0 aliphatic rings. The molecule has 0 aliphatic heterocycles. The van der Waals surface area contributed by atoms with Gasteiger partial charge in [-0.15, -0.1) is 11.8 Å². The van der Waals surface area contributed by atoms with Crippen molar-refractivity contribution >= 4 is 39.1 Å². The van der Waals surface area contributed by atoms with Crippen LogP contribution in [0.5, 0.6) is 0 Å². The van der Waals surface area contributed by atoms with E-state index in [1.54, 1.807) is 24.3 Å². The summed E-state index contributed by atoms with van der Waals surface area (Å²) in [5.74, 6) is -0.866. The van der Waals surface area contributed by atoms with Gasteiger partial charge in [0.15, 0.2) is 9.84 Å². The molecule has 0 spiro atoms. The molecule has 7 nitrogen and oxygen atoms in total. The number of nitrogens with one attached hydrogen (secondary N) is 1. The molecule has 0 fully saturated rings. The van der Waals surface area contributed by atoms with Crippen LogP contribution in [0.1, 0.15) is 10.4 Å². The van der Waals surface area contributed by atoms with E-state index in [1.807, 2.05) is 0 Å². The third kappa shape index (κ3) is 6.09. The summed E-state index contributed by atoms with van der Waals surface area (Å²) in [6, 6.07) is 12.7. The molecule has 0 bridgehead atoms. The average Bonchev–Trinajstić information content (AvgIpc) is 2.65. The average molecular weight is 409 g/mol. The molecule has 144 valence electrons. The maximum atomic E-state index is 12.5. The van der Waals surface area contributed by atoms with Crippen LogP contribution in [0.4, 0.5) is 5.69 Å². The van der Waals surface area contributed by atoms with Crippen molar-refractivity contribution in [1.82, 2.24) is 0 Å². The lowest BCUT2D eigenvalue weighted by atomic mass is 10.2. The molecule has 0 radical (unpaired) electrons. The summed E-state index contributed by atoms with van der Waals surface area (Å²) in [6.45, 7) is 0.102. The summed E-state index contributed by atoms with van der Waals surface area (Å²) in [5, 5.41) is 2.76. The molecule has 0 aromatic heterocycles. The van der Waals surface area contributed by atoms with Gasteiger partial charge in [0.05, 0.1) is 28.7 Å². The van der Waals surface area contributed by atoms with Crippen molar-refractivity contribution in [3.05, 3.63) is 54.1 Å². The zero-order chi connectivity index (χ0) is 19.9. The Bertz CT molecular complexity index is 912. The minimum absolute atomic E-state index is 0.0981. The van der Waals surface area contributed by atoms with Crippen LogP contribution in [-0.4, -0.2) is 45.5 Å². The van der Waals surface area contributed by atoms with E-state index in [9.17, 15) is 18.0 Å². The van der Waals surface area contributed by atoms with E-state index in [2.05, 4.69) is 5.32 Å². The Morgan fingerprint density at radius 2 is 1.78 bits per heavy atom. The van der Waals surface area contributed by atoms with Crippen molar-refractivity contribution in [3.63, 3.8) is 0 Å². The molecular weight excluding hydrogens is 388 g/mol. The Hall–Kier alpha value is -2.36. The molecule has 2 aromatic rings. The number of benzene rings is 2. The number of carbonyl (C=O) groups is 2. The molecule has 2 amide bonds. The van der Waals surface area contributed by atoms with Crippen LogP contribution < -0.4 is 11.1 Å². The van der Waals surface area contributed by atoms with Gasteiger partial charge in [0, 0.05) is 17.6 Å². The second-order valence-corrected chi connectivity index (χ2v) is 8.67. The molecule has 9 heteroatoms. The highest BCUT2D eigenvalue weighted by Crippen LogP contribution is 2.27. The van der Waals surface area contributed by atoms with Gasteiger partial charge in [-0.05, 0) is 36.4 Å². The number of thioether (sulfide) groups is 1. The highest BCUT2D eigenvalue weighted by atomic mass is 32.2. The second kappa shape index (κ2) is 9.54. The monoisotopic (exact) mass is 408 g/mol. The standard InChI is InChI=1S/C18H20N2O5S2/c1-25-10-11-27(23,24)14-8-6-13(7-9-14)18(22)20-15-4-2-3-5-16(15)26-12-17(19)21/h2-9H,10-12H2,1H3,(H2,19,21)(H,20,22). The number of para-hydroxylation sites is 1. The Morgan fingerprint density at radius 3 is 2.41 bits per heavy atom. The summed E-state index contributed by atoms with van der Waals surface area (Å²) in [5.41, 5.74) is 6.02. The normalized spacial score (nSPS) is 11.1. The lowest BCUT2D eigenvalue weighted by molar-refractivity contribution is -0.115. The van der Waals surface area contributed by atoms with Crippen molar-refractivity contribution in [3.8, 4) is 0 Å². The zero-order valence-corrected chi connectivity index (χ0v) is 16.3. The number of ether oxygens (including phenoxy) is 1. The predicted molar refractivity (Wildman–Crippen MR) is 105 cm³/mol. The Kier molecular flexibility index (Phi) is 7.40. The van der Waals surface area contributed by atoms with Gasteiger partial charge >= 0.3 is 0 Å². The molecule has 2 rings (SSSR count). The topological polar surface area (TPSA) is 116 Å². The number of amides is 2. The lowest BCUT2D eigenvalue weighted by Gasteiger charge is -2.10. The molecule has 0 aliphatic carbocycles. The zero-order valence-electron chi connectivity index (χ0n) is 14.7. The Labute approximate surface area is 162 Å². The van der Waals surface area contributed by atoms with Gasteiger partial charge < -0.3 is 15.8 Å². The van der Waals surface area contributed by atoms with Gasteiger partial charge in [0.25, 0.3) is 5.91 Å². The minimum atomic E-state index is -3.45. The molecule has 0 heterocycles. The Morgan fingerprint density at radius 1 is 1.11 bits per heavy atom. The maximum Gasteiger partial charge on any atom is 0.255 e. The van der Waals surface area contributed by atoms with Gasteiger partial charge in [0.2, 0.25) is 5.91 Å². The molecular formula is C18H20N2O5S2. The molecule has 0 saturated heterocycles. The molecule has 0 unspecified atom stereocenters. The minimum Gasteiger partial charge on any atom is -0.384 e. The van der Waals surface area contributed by atoms with E-state index in [1.165, 1.54) is 43.1 Å². The van der Waals surface area contributed by atoms with Crippen LogP contribution in [0.15, 0.2) is 58.3 Å². The van der Waals surface area contributed by atoms with E-state index in [-0.39, 0.29) is 28.9 Å². The van der Waals surface area contributed by atoms with E-state index in [0.29, 0.717) is 16.1 Å². The van der Waals surface area contributed by atoms with Gasteiger partial charge in [0.1, 0.15) is 0 Å². The Balaban J connectivity index is 2.12. The van der Waals surface area contributed by atoms with Crippen LogP contribution in [0.25, 0.3) is 0 Å². The molecule has 0 atom stereocenters. The second-order valence-electron chi connectivity index (χ2n) is 5.54. The van der Waals surface area contributed by atoms with E-state index < -0.39 is 15.7 Å². The quantitative estimate of drug-likeness (QED) is 0.613. The number of hydrogen-bond acceptors (Lipinski definition) is 6. The first-order chi connectivity index (χ1) is 12.8. The highest BCUT2D eigenvalue weighted by Gasteiger charge is 2.15. The van der Waals surface area contributed by atoms with Crippen molar-refractivity contribution in [2.75, 3.05) is 30.5 Å².